The summed E-state index contributed by atoms with van der Waals surface area (Å²) in [4.78, 5) is 42.5. The average Bonchev–Trinajstić information content (AvgIpc) is 3.41. The third kappa shape index (κ3) is 4.57. The normalized spacial score (nSPS) is 16.1. The minimum atomic E-state index is -0.438. The van der Waals surface area contributed by atoms with Crippen LogP contribution in [0.1, 0.15) is 13.3 Å². The summed E-state index contributed by atoms with van der Waals surface area (Å²) < 4.78 is 6.67. The number of fused-ring (bicyclic) bond motifs is 1. The van der Waals surface area contributed by atoms with E-state index in [4.69, 9.17) is 4.74 Å². The maximum absolute atomic E-state index is 12.6. The smallest absolute Gasteiger partial charge is 0.250 e. The molecule has 31 heavy (non-hydrogen) atoms. The van der Waals surface area contributed by atoms with Crippen molar-refractivity contribution in [1.29, 1.82) is 0 Å². The zero-order valence-corrected chi connectivity index (χ0v) is 17.9. The van der Waals surface area contributed by atoms with E-state index in [0.29, 0.717) is 30.3 Å². The molecule has 1 atom stereocenters. The van der Waals surface area contributed by atoms with Crippen LogP contribution in [0.15, 0.2) is 29.6 Å². The molecule has 2 N–H and O–H groups in total. The van der Waals surface area contributed by atoms with Crippen molar-refractivity contribution in [2.24, 2.45) is 5.92 Å². The number of benzene rings is 1. The van der Waals surface area contributed by atoms with Crippen molar-refractivity contribution < 1.29 is 19.1 Å². The summed E-state index contributed by atoms with van der Waals surface area (Å²) in [5.41, 5.74) is 2.43. The molecular formula is C20H22N6O4S. The maximum Gasteiger partial charge on any atom is 0.250 e. The molecule has 2 aromatic heterocycles. The van der Waals surface area contributed by atoms with Crippen molar-refractivity contribution in [3.8, 4) is 11.3 Å². The molecule has 0 bridgehead atoms. The lowest BCUT2D eigenvalue weighted by molar-refractivity contribution is -0.128. The monoisotopic (exact) mass is 442 g/mol. The first-order valence-corrected chi connectivity index (χ1v) is 10.6. The lowest BCUT2D eigenvalue weighted by atomic mass is 10.1. The highest BCUT2D eigenvalue weighted by molar-refractivity contribution is 7.15. The van der Waals surface area contributed by atoms with Crippen LogP contribution in [0.2, 0.25) is 0 Å². The van der Waals surface area contributed by atoms with Crippen molar-refractivity contribution in [1.82, 2.24) is 19.5 Å². The lowest BCUT2D eigenvalue weighted by Gasteiger charge is -2.15. The summed E-state index contributed by atoms with van der Waals surface area (Å²) in [6.45, 7) is 2.73. The number of nitrogens with one attached hydrogen (secondary N) is 2. The van der Waals surface area contributed by atoms with Crippen LogP contribution in [0.4, 0.5) is 11.6 Å². The number of likely N-dealkylation sites (tertiary alicyclic amines) is 1. The molecule has 1 saturated heterocycles. The number of nitrogens with zero attached hydrogens (tertiary/aromatic N) is 4. The van der Waals surface area contributed by atoms with Gasteiger partial charge in [-0.05, 0) is 12.1 Å². The number of carbonyl (C=O) groups excluding carboxylic acids is 3. The summed E-state index contributed by atoms with van der Waals surface area (Å²) in [5.74, 6) is -0.690. The predicted octanol–water partition coefficient (Wildman–Crippen LogP) is 1.85. The van der Waals surface area contributed by atoms with E-state index in [0.717, 1.165) is 11.3 Å². The van der Waals surface area contributed by atoms with Crippen LogP contribution in [0, 0.1) is 5.92 Å². The van der Waals surface area contributed by atoms with Gasteiger partial charge in [0.1, 0.15) is 0 Å². The van der Waals surface area contributed by atoms with E-state index < -0.39 is 5.92 Å². The van der Waals surface area contributed by atoms with Crippen molar-refractivity contribution in [3.63, 3.8) is 0 Å². The van der Waals surface area contributed by atoms with E-state index in [1.165, 1.54) is 18.3 Å². The Morgan fingerprint density at radius 3 is 2.74 bits per heavy atom. The van der Waals surface area contributed by atoms with Gasteiger partial charge in [0, 0.05) is 50.2 Å². The van der Waals surface area contributed by atoms with Crippen LogP contribution >= 0.6 is 11.3 Å². The molecule has 4 rings (SSSR count). The molecule has 3 aromatic rings. The number of thiazole rings is 1. The van der Waals surface area contributed by atoms with Crippen LogP contribution in [0.25, 0.3) is 16.2 Å². The molecule has 10 nitrogen and oxygen atoms in total. The Labute approximate surface area is 182 Å². The summed E-state index contributed by atoms with van der Waals surface area (Å²) >= 11 is 1.41. The van der Waals surface area contributed by atoms with Crippen LogP contribution in [0.3, 0.4) is 0 Å². The van der Waals surface area contributed by atoms with Crippen molar-refractivity contribution in [2.45, 2.75) is 13.3 Å². The van der Waals surface area contributed by atoms with Gasteiger partial charge in [-0.1, -0.05) is 12.1 Å². The molecule has 1 unspecified atom stereocenters. The fraction of sp³-hybridized carbons (Fsp3) is 0.350. The first kappa shape index (κ1) is 20.9. The number of hydrogen-bond donors (Lipinski definition) is 2. The van der Waals surface area contributed by atoms with Gasteiger partial charge in [0.2, 0.25) is 28.6 Å². The number of methoxy groups -OCH3 is 1. The Morgan fingerprint density at radius 2 is 2.03 bits per heavy atom. The summed E-state index contributed by atoms with van der Waals surface area (Å²) in [6, 6.07) is 7.38. The third-order valence-corrected chi connectivity index (χ3v) is 5.78. The number of carbonyl (C=O) groups is 3. The number of hydrogen-bond acceptors (Lipinski definition) is 7. The Kier molecular flexibility index (Phi) is 5.96. The van der Waals surface area contributed by atoms with E-state index >= 15 is 0 Å². The molecule has 11 heteroatoms. The highest BCUT2D eigenvalue weighted by atomic mass is 32.1. The van der Waals surface area contributed by atoms with Gasteiger partial charge in [0.05, 0.1) is 18.2 Å². The zero-order chi connectivity index (χ0) is 22.0. The number of aromatic nitrogens is 3. The van der Waals surface area contributed by atoms with Crippen molar-refractivity contribution in [2.75, 3.05) is 37.4 Å². The van der Waals surface area contributed by atoms with E-state index in [2.05, 4.69) is 20.7 Å². The van der Waals surface area contributed by atoms with Gasteiger partial charge in [0.25, 0.3) is 0 Å². The van der Waals surface area contributed by atoms with E-state index in [9.17, 15) is 14.4 Å². The Hall–Kier alpha value is -3.31. The SMILES string of the molecule is COCCN1CC(C(=O)Nc2nc3scc(-c4ccc(NC(C)=O)cc4)n3n2)CC1=O. The van der Waals surface area contributed by atoms with Crippen LogP contribution in [0.5, 0.6) is 0 Å². The number of anilines is 2. The van der Waals surface area contributed by atoms with E-state index in [1.807, 2.05) is 29.6 Å². The number of ether oxygens (including phenoxy) is 1. The average molecular weight is 443 g/mol. The van der Waals surface area contributed by atoms with E-state index in [1.54, 1.807) is 16.5 Å². The second-order valence-corrected chi connectivity index (χ2v) is 8.07. The maximum atomic E-state index is 12.6. The van der Waals surface area contributed by atoms with Gasteiger partial charge in [-0.2, -0.15) is 4.98 Å². The fourth-order valence-corrected chi connectivity index (χ4v) is 4.27. The summed E-state index contributed by atoms with van der Waals surface area (Å²) in [6.07, 6.45) is 0.170. The minimum absolute atomic E-state index is 0.0546. The summed E-state index contributed by atoms with van der Waals surface area (Å²) in [7, 11) is 1.58. The van der Waals surface area contributed by atoms with Crippen molar-refractivity contribution in [3.05, 3.63) is 29.6 Å². The molecule has 1 fully saturated rings. The predicted molar refractivity (Wildman–Crippen MR) is 116 cm³/mol. The molecule has 1 aromatic carbocycles. The minimum Gasteiger partial charge on any atom is -0.383 e. The molecule has 0 spiro atoms. The molecule has 3 heterocycles. The molecule has 0 aliphatic carbocycles. The topological polar surface area (TPSA) is 118 Å². The zero-order valence-electron chi connectivity index (χ0n) is 17.1. The van der Waals surface area contributed by atoms with Crippen LogP contribution in [-0.2, 0) is 19.1 Å². The first-order valence-electron chi connectivity index (χ1n) is 9.74. The van der Waals surface area contributed by atoms with Crippen molar-refractivity contribution >= 4 is 45.7 Å². The number of amides is 3. The lowest BCUT2D eigenvalue weighted by Crippen LogP contribution is -2.31. The Bertz CT molecular complexity index is 1120. The van der Waals surface area contributed by atoms with Gasteiger partial charge >= 0.3 is 0 Å². The van der Waals surface area contributed by atoms with E-state index in [-0.39, 0.29) is 30.1 Å². The third-order valence-electron chi connectivity index (χ3n) is 4.97. The molecule has 0 radical (unpaired) electrons. The molecular weight excluding hydrogens is 420 g/mol. The fourth-order valence-electron chi connectivity index (χ4n) is 3.44. The highest BCUT2D eigenvalue weighted by Gasteiger charge is 2.34. The van der Waals surface area contributed by atoms with Gasteiger partial charge in [0.15, 0.2) is 0 Å². The highest BCUT2D eigenvalue weighted by Crippen LogP contribution is 2.27. The molecule has 1 aliphatic rings. The van der Waals surface area contributed by atoms with Gasteiger partial charge in [-0.3, -0.25) is 19.7 Å². The largest absolute Gasteiger partial charge is 0.383 e. The first-order chi connectivity index (χ1) is 14.9. The molecule has 0 saturated carbocycles. The standard InChI is InChI=1S/C20H22N6O4S/c1-12(27)21-15-5-3-13(4-6-15)16-11-31-20-23-19(24-26(16)20)22-18(29)14-9-17(28)25(10-14)7-8-30-2/h3-6,11,14H,7-10H2,1-2H3,(H,21,27)(H,22,24,29). The Morgan fingerprint density at radius 1 is 1.26 bits per heavy atom. The molecule has 162 valence electrons. The second-order valence-electron chi connectivity index (χ2n) is 7.23. The van der Waals surface area contributed by atoms with Crippen LogP contribution in [-0.4, -0.2) is 64.0 Å². The molecule has 3 amide bonds. The van der Waals surface area contributed by atoms with Gasteiger partial charge < -0.3 is 15.0 Å². The Balaban J connectivity index is 1.46. The quantitative estimate of drug-likeness (QED) is 0.577. The second kappa shape index (κ2) is 8.82. The van der Waals surface area contributed by atoms with Crippen LogP contribution < -0.4 is 10.6 Å². The summed E-state index contributed by atoms with van der Waals surface area (Å²) in [5, 5.41) is 11.8. The number of rotatable bonds is 7. The van der Waals surface area contributed by atoms with Gasteiger partial charge in [-0.25, -0.2) is 4.52 Å². The van der Waals surface area contributed by atoms with Gasteiger partial charge in [-0.15, -0.1) is 16.4 Å². The molecule has 1 aliphatic heterocycles.